The van der Waals surface area contributed by atoms with E-state index in [1.165, 1.54) is 19.1 Å². The molecule has 4 rings (SSSR count). The number of ether oxygens (including phenoxy) is 3. The molecule has 3 heterocycles. The second-order valence-electron chi connectivity index (χ2n) is 7.27. The average molecular weight is 426 g/mol. The molecular weight excluding hydrogens is 404 g/mol. The zero-order chi connectivity index (χ0) is 21.8. The van der Waals surface area contributed by atoms with Crippen molar-refractivity contribution in [1.82, 2.24) is 9.97 Å². The van der Waals surface area contributed by atoms with E-state index in [0.29, 0.717) is 48.9 Å². The van der Waals surface area contributed by atoms with Gasteiger partial charge in [0.15, 0.2) is 23.9 Å². The minimum absolute atomic E-state index is 0.0525. The number of benzene rings is 1. The van der Waals surface area contributed by atoms with Gasteiger partial charge in [0.2, 0.25) is 12.7 Å². The van der Waals surface area contributed by atoms with Crippen LogP contribution in [0.5, 0.6) is 11.5 Å². The predicted octanol–water partition coefficient (Wildman–Crippen LogP) is 1.81. The zero-order valence-electron chi connectivity index (χ0n) is 17.0. The molecule has 31 heavy (non-hydrogen) atoms. The Kier molecular flexibility index (Phi) is 5.96. The number of fused-ring (bicyclic) bond motifs is 1. The molecule has 0 bridgehead atoms. The summed E-state index contributed by atoms with van der Waals surface area (Å²) in [7, 11) is 0. The highest BCUT2D eigenvalue weighted by atomic mass is 16.7. The first-order valence-electron chi connectivity index (χ1n) is 9.94. The van der Waals surface area contributed by atoms with Crippen molar-refractivity contribution in [3.8, 4) is 11.5 Å². The van der Waals surface area contributed by atoms with Gasteiger partial charge in [0.1, 0.15) is 0 Å². The van der Waals surface area contributed by atoms with Crippen molar-refractivity contribution in [2.24, 2.45) is 5.92 Å². The molecule has 1 aromatic carbocycles. The van der Waals surface area contributed by atoms with Gasteiger partial charge in [0, 0.05) is 37.1 Å². The third-order valence-electron chi connectivity index (χ3n) is 5.17. The van der Waals surface area contributed by atoms with Crippen molar-refractivity contribution in [2.75, 3.05) is 36.7 Å². The Morgan fingerprint density at radius 3 is 2.48 bits per heavy atom. The second kappa shape index (κ2) is 8.99. The fraction of sp³-hybridized carbons (Fsp3) is 0.381. The molecule has 1 N–H and O–H groups in total. The van der Waals surface area contributed by atoms with E-state index >= 15 is 0 Å². The van der Waals surface area contributed by atoms with Crippen molar-refractivity contribution in [2.45, 2.75) is 19.8 Å². The number of esters is 1. The average Bonchev–Trinajstić information content (AvgIpc) is 3.25. The van der Waals surface area contributed by atoms with Crippen LogP contribution in [0.1, 0.15) is 30.1 Å². The van der Waals surface area contributed by atoms with Gasteiger partial charge < -0.3 is 24.4 Å². The first-order valence-corrected chi connectivity index (χ1v) is 9.94. The summed E-state index contributed by atoms with van der Waals surface area (Å²) in [5, 5.41) is 2.61. The number of hydrogen-bond donors (Lipinski definition) is 1. The van der Waals surface area contributed by atoms with Crippen LogP contribution in [0.3, 0.4) is 0 Å². The number of hydrogen-bond acceptors (Lipinski definition) is 9. The molecular formula is C21H22N4O6. The number of nitrogens with one attached hydrogen (secondary N) is 1. The monoisotopic (exact) mass is 426 g/mol. The van der Waals surface area contributed by atoms with E-state index in [1.807, 2.05) is 4.90 Å². The van der Waals surface area contributed by atoms with Crippen LogP contribution in [0.4, 0.5) is 11.6 Å². The van der Waals surface area contributed by atoms with Crippen LogP contribution in [0.2, 0.25) is 0 Å². The topological polar surface area (TPSA) is 120 Å². The van der Waals surface area contributed by atoms with Gasteiger partial charge in [-0.2, -0.15) is 0 Å². The summed E-state index contributed by atoms with van der Waals surface area (Å²) >= 11 is 0. The third kappa shape index (κ3) is 4.73. The fourth-order valence-corrected chi connectivity index (χ4v) is 3.55. The molecule has 0 aliphatic carbocycles. The van der Waals surface area contributed by atoms with Crippen molar-refractivity contribution in [3.63, 3.8) is 0 Å². The van der Waals surface area contributed by atoms with Crippen LogP contribution < -0.4 is 19.7 Å². The first kappa shape index (κ1) is 20.6. The van der Waals surface area contributed by atoms with Crippen LogP contribution in [0.15, 0.2) is 30.6 Å². The van der Waals surface area contributed by atoms with E-state index < -0.39 is 18.5 Å². The van der Waals surface area contributed by atoms with E-state index in [9.17, 15) is 14.4 Å². The number of amides is 1. The second-order valence-corrected chi connectivity index (χ2v) is 7.27. The lowest BCUT2D eigenvalue weighted by Crippen LogP contribution is -2.38. The van der Waals surface area contributed by atoms with E-state index in [4.69, 9.17) is 14.2 Å². The summed E-state index contributed by atoms with van der Waals surface area (Å²) in [4.78, 5) is 47.1. The molecule has 1 saturated heterocycles. The Bertz CT molecular complexity index is 989. The maximum Gasteiger partial charge on any atom is 0.309 e. The number of rotatable bonds is 6. The maximum atomic E-state index is 12.4. The number of carbonyl (C=O) groups is 3. The Balaban J connectivity index is 1.29. The minimum atomic E-state index is -0.537. The molecule has 162 valence electrons. The number of piperidine rings is 1. The Hall–Kier alpha value is -3.69. The van der Waals surface area contributed by atoms with Crippen LogP contribution in [0.25, 0.3) is 0 Å². The molecule has 1 aromatic heterocycles. The standard InChI is InChI=1S/C21H22N4O6/c1-13(26)15-9-17-18(31-12-30-17)10-16(15)24-19(27)11-29-20(28)14-3-7-25(8-4-14)21-22-5-2-6-23-21/h2,5-6,9-10,14H,3-4,7-8,11-12H2,1H3,(H,24,27). The largest absolute Gasteiger partial charge is 0.455 e. The Labute approximate surface area is 178 Å². The van der Waals surface area contributed by atoms with Crippen LogP contribution >= 0.6 is 0 Å². The number of aromatic nitrogens is 2. The predicted molar refractivity (Wildman–Crippen MR) is 109 cm³/mol. The van der Waals surface area contributed by atoms with Gasteiger partial charge in [0.05, 0.1) is 11.6 Å². The van der Waals surface area contributed by atoms with Gasteiger partial charge in [-0.05, 0) is 31.9 Å². The lowest BCUT2D eigenvalue weighted by Gasteiger charge is -2.30. The molecule has 0 saturated carbocycles. The summed E-state index contributed by atoms with van der Waals surface area (Å²) in [6.07, 6.45) is 4.54. The highest BCUT2D eigenvalue weighted by Gasteiger charge is 2.28. The van der Waals surface area contributed by atoms with E-state index in [0.717, 1.165) is 0 Å². The molecule has 10 heteroatoms. The van der Waals surface area contributed by atoms with Crippen LogP contribution in [-0.2, 0) is 14.3 Å². The van der Waals surface area contributed by atoms with Gasteiger partial charge in [-0.25, -0.2) is 9.97 Å². The van der Waals surface area contributed by atoms with Gasteiger partial charge in [0.25, 0.3) is 5.91 Å². The Morgan fingerprint density at radius 1 is 1.13 bits per heavy atom. The summed E-state index contributed by atoms with van der Waals surface area (Å²) in [5.41, 5.74) is 0.577. The first-order chi connectivity index (χ1) is 15.0. The molecule has 2 aromatic rings. The minimum Gasteiger partial charge on any atom is -0.455 e. The molecule has 1 amide bonds. The summed E-state index contributed by atoms with van der Waals surface area (Å²) < 4.78 is 15.8. The molecule has 0 unspecified atom stereocenters. The number of ketones is 1. The van der Waals surface area contributed by atoms with Crippen molar-refractivity contribution < 1.29 is 28.6 Å². The number of anilines is 2. The lowest BCUT2D eigenvalue weighted by atomic mass is 9.97. The van der Waals surface area contributed by atoms with Gasteiger partial charge in [-0.1, -0.05) is 0 Å². The van der Waals surface area contributed by atoms with E-state index in [-0.39, 0.29) is 24.2 Å². The van der Waals surface area contributed by atoms with E-state index in [2.05, 4.69) is 15.3 Å². The van der Waals surface area contributed by atoms with Crippen molar-refractivity contribution in [3.05, 3.63) is 36.2 Å². The number of carbonyl (C=O) groups excluding carboxylic acids is 3. The van der Waals surface area contributed by atoms with Crippen molar-refractivity contribution >= 4 is 29.3 Å². The summed E-state index contributed by atoms with van der Waals surface area (Å²) in [5.74, 6) is 0.0453. The highest BCUT2D eigenvalue weighted by Crippen LogP contribution is 2.37. The molecule has 2 aliphatic rings. The summed E-state index contributed by atoms with van der Waals surface area (Å²) in [6, 6.07) is 4.80. The van der Waals surface area contributed by atoms with Crippen LogP contribution in [-0.4, -0.2) is 54.1 Å². The highest BCUT2D eigenvalue weighted by molar-refractivity contribution is 6.05. The van der Waals surface area contributed by atoms with Crippen LogP contribution in [0, 0.1) is 5.92 Å². The quantitative estimate of drug-likeness (QED) is 0.544. The molecule has 2 aliphatic heterocycles. The number of Topliss-reactive ketones (excluding diaryl/α,β-unsaturated/α-hetero) is 1. The van der Waals surface area contributed by atoms with Gasteiger partial charge in [-0.3, -0.25) is 14.4 Å². The van der Waals surface area contributed by atoms with E-state index in [1.54, 1.807) is 18.5 Å². The smallest absolute Gasteiger partial charge is 0.309 e. The molecule has 0 radical (unpaired) electrons. The lowest BCUT2D eigenvalue weighted by molar-refractivity contribution is -0.152. The fourth-order valence-electron chi connectivity index (χ4n) is 3.55. The maximum absolute atomic E-state index is 12.4. The van der Waals surface area contributed by atoms with Gasteiger partial charge >= 0.3 is 5.97 Å². The third-order valence-corrected chi connectivity index (χ3v) is 5.17. The SMILES string of the molecule is CC(=O)c1cc2c(cc1NC(=O)COC(=O)C1CCN(c3ncccn3)CC1)OCO2. The molecule has 0 atom stereocenters. The van der Waals surface area contributed by atoms with Crippen molar-refractivity contribution in [1.29, 1.82) is 0 Å². The number of nitrogens with zero attached hydrogens (tertiary/aromatic N) is 3. The molecule has 10 nitrogen and oxygen atoms in total. The summed E-state index contributed by atoms with van der Waals surface area (Å²) in [6.45, 7) is 2.27. The normalized spacial score (nSPS) is 15.5. The van der Waals surface area contributed by atoms with Gasteiger partial charge in [-0.15, -0.1) is 0 Å². The zero-order valence-corrected chi connectivity index (χ0v) is 17.0. The Morgan fingerprint density at radius 2 is 1.81 bits per heavy atom. The molecule has 0 spiro atoms. The molecule has 1 fully saturated rings.